The number of phenolic OH excluding ortho intramolecular Hbond substituents is 1. The molecule has 0 radical (unpaired) electrons. The summed E-state index contributed by atoms with van der Waals surface area (Å²) in [6.45, 7) is 5.11. The molecular weight excluding hydrogens is 316 g/mol. The Kier molecular flexibility index (Phi) is 4.74. The van der Waals surface area contributed by atoms with Crippen LogP contribution in [0.15, 0.2) is 42.5 Å². The fourth-order valence-electron chi connectivity index (χ4n) is 3.22. The van der Waals surface area contributed by atoms with Crippen molar-refractivity contribution in [1.29, 1.82) is 0 Å². The molecule has 1 N–H and O–H groups in total. The number of rotatable bonds is 3. The van der Waals surface area contributed by atoms with Crippen LogP contribution in [0.5, 0.6) is 5.75 Å². The summed E-state index contributed by atoms with van der Waals surface area (Å²) < 4.78 is 0. The van der Waals surface area contributed by atoms with Crippen molar-refractivity contribution in [3.63, 3.8) is 0 Å². The zero-order valence-corrected chi connectivity index (χ0v) is 14.5. The SMILES string of the molecule is Cc1cc(C)cc(N2CCN(C(=O)Cc3cccc(O)c3)CC2=O)c1. The summed E-state index contributed by atoms with van der Waals surface area (Å²) in [5.74, 6) is -0.0273. The second-order valence-corrected chi connectivity index (χ2v) is 6.55. The first-order valence-electron chi connectivity index (χ1n) is 8.37. The Labute approximate surface area is 147 Å². The third kappa shape index (κ3) is 3.99. The summed E-state index contributed by atoms with van der Waals surface area (Å²) in [6.07, 6.45) is 0.186. The van der Waals surface area contributed by atoms with E-state index in [0.29, 0.717) is 13.1 Å². The van der Waals surface area contributed by atoms with Crippen LogP contribution in [0.4, 0.5) is 5.69 Å². The molecule has 1 aliphatic rings. The summed E-state index contributed by atoms with van der Waals surface area (Å²) in [5.41, 5.74) is 3.87. The van der Waals surface area contributed by atoms with Crippen LogP contribution in [0.25, 0.3) is 0 Å². The van der Waals surface area contributed by atoms with Crippen LogP contribution < -0.4 is 4.90 Å². The molecule has 130 valence electrons. The molecule has 0 aliphatic carbocycles. The number of nitrogens with zero attached hydrogens (tertiary/aromatic N) is 2. The van der Waals surface area contributed by atoms with Crippen LogP contribution in [-0.4, -0.2) is 41.5 Å². The maximum atomic E-state index is 12.5. The van der Waals surface area contributed by atoms with Gasteiger partial charge in [-0.1, -0.05) is 18.2 Å². The molecule has 1 heterocycles. The minimum absolute atomic E-state index is 0.0690. The van der Waals surface area contributed by atoms with Gasteiger partial charge in [-0.15, -0.1) is 0 Å². The first-order chi connectivity index (χ1) is 11.9. The van der Waals surface area contributed by atoms with Crippen LogP contribution in [0, 0.1) is 13.8 Å². The summed E-state index contributed by atoms with van der Waals surface area (Å²) in [4.78, 5) is 28.3. The standard InChI is InChI=1S/C20H22N2O3/c1-14-8-15(2)10-17(9-14)22-7-6-21(13-20(22)25)19(24)12-16-4-3-5-18(23)11-16/h3-5,8-11,23H,6-7,12-13H2,1-2H3. The van der Waals surface area contributed by atoms with Gasteiger partial charge >= 0.3 is 0 Å². The summed E-state index contributed by atoms with van der Waals surface area (Å²) in [6, 6.07) is 12.7. The zero-order chi connectivity index (χ0) is 18.0. The Morgan fingerprint density at radius 3 is 2.44 bits per heavy atom. The average Bonchev–Trinajstić information content (AvgIpc) is 2.53. The van der Waals surface area contributed by atoms with Gasteiger partial charge in [-0.2, -0.15) is 0 Å². The van der Waals surface area contributed by atoms with Gasteiger partial charge in [0.2, 0.25) is 11.8 Å². The lowest BCUT2D eigenvalue weighted by molar-refractivity contribution is -0.136. The van der Waals surface area contributed by atoms with Crippen molar-refractivity contribution in [1.82, 2.24) is 4.90 Å². The number of carbonyl (C=O) groups is 2. The number of anilines is 1. The first-order valence-corrected chi connectivity index (χ1v) is 8.37. The third-order valence-corrected chi connectivity index (χ3v) is 4.36. The Balaban J connectivity index is 1.67. The lowest BCUT2D eigenvalue weighted by Gasteiger charge is -2.34. The monoisotopic (exact) mass is 338 g/mol. The molecular formula is C20H22N2O3. The van der Waals surface area contributed by atoms with Crippen LogP contribution >= 0.6 is 0 Å². The molecule has 3 rings (SSSR count). The molecule has 25 heavy (non-hydrogen) atoms. The molecule has 0 saturated carbocycles. The molecule has 2 aromatic rings. The average molecular weight is 338 g/mol. The van der Waals surface area contributed by atoms with Gasteiger partial charge in [-0.25, -0.2) is 0 Å². The van der Waals surface area contributed by atoms with Crippen LogP contribution in [0.2, 0.25) is 0 Å². The van der Waals surface area contributed by atoms with E-state index in [4.69, 9.17) is 0 Å². The largest absolute Gasteiger partial charge is 0.508 e. The minimum atomic E-state index is -0.0981. The predicted octanol–water partition coefficient (Wildman–Crippen LogP) is 2.43. The van der Waals surface area contributed by atoms with Gasteiger partial charge in [0, 0.05) is 18.8 Å². The van der Waals surface area contributed by atoms with Crippen LogP contribution in [0.1, 0.15) is 16.7 Å². The summed E-state index contributed by atoms with van der Waals surface area (Å²) in [5, 5.41) is 9.50. The van der Waals surface area contributed by atoms with Gasteiger partial charge in [0.05, 0.1) is 6.42 Å². The Hall–Kier alpha value is -2.82. The van der Waals surface area contributed by atoms with Gasteiger partial charge < -0.3 is 14.9 Å². The minimum Gasteiger partial charge on any atom is -0.508 e. The highest BCUT2D eigenvalue weighted by atomic mass is 16.3. The Bertz CT molecular complexity index is 796. The second-order valence-electron chi connectivity index (χ2n) is 6.55. The van der Waals surface area contributed by atoms with Crippen molar-refractivity contribution >= 4 is 17.5 Å². The normalized spacial score (nSPS) is 14.7. The third-order valence-electron chi connectivity index (χ3n) is 4.36. The highest BCUT2D eigenvalue weighted by Gasteiger charge is 2.28. The molecule has 0 unspecified atom stereocenters. The van der Waals surface area contributed by atoms with E-state index in [9.17, 15) is 14.7 Å². The molecule has 1 saturated heterocycles. The maximum absolute atomic E-state index is 12.5. The number of amides is 2. The smallest absolute Gasteiger partial charge is 0.246 e. The molecule has 2 aromatic carbocycles. The first kappa shape index (κ1) is 17.0. The second kappa shape index (κ2) is 6.97. The number of benzene rings is 2. The van der Waals surface area contributed by atoms with Gasteiger partial charge in [0.15, 0.2) is 0 Å². The van der Waals surface area contributed by atoms with Crippen molar-refractivity contribution in [3.8, 4) is 5.75 Å². The lowest BCUT2D eigenvalue weighted by atomic mass is 10.1. The molecule has 1 fully saturated rings. The van der Waals surface area contributed by atoms with Gasteiger partial charge in [0.25, 0.3) is 0 Å². The van der Waals surface area contributed by atoms with Gasteiger partial charge in [-0.05, 0) is 54.8 Å². The van der Waals surface area contributed by atoms with E-state index >= 15 is 0 Å². The Morgan fingerprint density at radius 2 is 1.80 bits per heavy atom. The molecule has 5 nitrogen and oxygen atoms in total. The number of phenols is 1. The van der Waals surface area contributed by atoms with Crippen molar-refractivity contribution in [2.24, 2.45) is 0 Å². The number of hydrogen-bond donors (Lipinski definition) is 1. The molecule has 2 amide bonds. The number of aryl methyl sites for hydroxylation is 2. The van der Waals surface area contributed by atoms with E-state index < -0.39 is 0 Å². The molecule has 0 aromatic heterocycles. The van der Waals surface area contributed by atoms with Crippen molar-refractivity contribution in [2.45, 2.75) is 20.3 Å². The maximum Gasteiger partial charge on any atom is 0.246 e. The quantitative estimate of drug-likeness (QED) is 0.935. The lowest BCUT2D eigenvalue weighted by Crippen LogP contribution is -2.52. The summed E-state index contributed by atoms with van der Waals surface area (Å²) in [7, 11) is 0. The highest BCUT2D eigenvalue weighted by Crippen LogP contribution is 2.21. The molecule has 5 heteroatoms. The number of piperazine rings is 1. The topological polar surface area (TPSA) is 60.9 Å². The fourth-order valence-corrected chi connectivity index (χ4v) is 3.22. The highest BCUT2D eigenvalue weighted by molar-refractivity contribution is 5.98. The fraction of sp³-hybridized carbons (Fsp3) is 0.300. The van der Waals surface area contributed by atoms with Crippen LogP contribution in [0.3, 0.4) is 0 Å². The van der Waals surface area contributed by atoms with Gasteiger partial charge in [-0.3, -0.25) is 9.59 Å². The van der Waals surface area contributed by atoms with Crippen LogP contribution in [-0.2, 0) is 16.0 Å². The predicted molar refractivity (Wildman–Crippen MR) is 96.7 cm³/mol. The van der Waals surface area contributed by atoms with E-state index in [1.54, 1.807) is 34.1 Å². The molecule has 0 atom stereocenters. The number of carbonyl (C=O) groups excluding carboxylic acids is 2. The molecule has 1 aliphatic heterocycles. The number of aromatic hydroxyl groups is 1. The van der Waals surface area contributed by atoms with E-state index in [1.807, 2.05) is 26.0 Å². The van der Waals surface area contributed by atoms with E-state index in [2.05, 4.69) is 6.07 Å². The van der Waals surface area contributed by atoms with Crippen molar-refractivity contribution < 1.29 is 14.7 Å². The van der Waals surface area contributed by atoms with Crippen molar-refractivity contribution in [3.05, 3.63) is 59.2 Å². The van der Waals surface area contributed by atoms with E-state index in [-0.39, 0.29) is 30.5 Å². The van der Waals surface area contributed by atoms with Crippen molar-refractivity contribution in [2.75, 3.05) is 24.5 Å². The molecule has 0 spiro atoms. The van der Waals surface area contributed by atoms with Gasteiger partial charge in [0.1, 0.15) is 12.3 Å². The molecule has 0 bridgehead atoms. The van der Waals surface area contributed by atoms with E-state index in [0.717, 1.165) is 22.4 Å². The summed E-state index contributed by atoms with van der Waals surface area (Å²) >= 11 is 0. The van der Waals surface area contributed by atoms with E-state index in [1.165, 1.54) is 0 Å². The Morgan fingerprint density at radius 1 is 1.08 bits per heavy atom. The zero-order valence-electron chi connectivity index (χ0n) is 14.5. The number of hydrogen-bond acceptors (Lipinski definition) is 3.